The van der Waals surface area contributed by atoms with Gasteiger partial charge in [0.1, 0.15) is 22.9 Å². The number of hydrogen-bond acceptors (Lipinski definition) is 4. The number of benzene rings is 4. The molecule has 0 heterocycles. The van der Waals surface area contributed by atoms with Crippen molar-refractivity contribution in [1.82, 2.24) is 18.7 Å². The Bertz CT molecular complexity index is 1230. The molecule has 4 rings (SSSR count). The highest BCUT2D eigenvalue weighted by molar-refractivity contribution is 7.86. The molecule has 0 aliphatic carbocycles. The lowest BCUT2D eigenvalue weighted by atomic mass is 10.2. The van der Waals surface area contributed by atoms with Gasteiger partial charge in [-0.25, -0.2) is 0 Å². The highest BCUT2D eigenvalue weighted by Crippen LogP contribution is 2.66. The van der Waals surface area contributed by atoms with E-state index in [1.165, 1.54) is 21.7 Å². The van der Waals surface area contributed by atoms with Crippen molar-refractivity contribution >= 4 is 63.0 Å². The molecule has 0 radical (unpaired) electrons. The summed E-state index contributed by atoms with van der Waals surface area (Å²) in [5.74, 6) is 0. The van der Waals surface area contributed by atoms with E-state index in [0.29, 0.717) is 0 Å². The van der Waals surface area contributed by atoms with E-state index < -0.39 is 15.1 Å². The molecule has 0 saturated carbocycles. The fraction of sp³-hybridized carbons (Fsp3) is 0.333. The molecule has 45 heavy (non-hydrogen) atoms. The molecular formula is C36H55Cl3N4P2+2. The summed E-state index contributed by atoms with van der Waals surface area (Å²) in [5.41, 5.74) is 2.81. The third kappa shape index (κ3) is 10.7. The minimum Gasteiger partial charge on any atom is -0.171 e. The van der Waals surface area contributed by atoms with Gasteiger partial charge in [-0.2, -0.15) is 18.7 Å². The summed E-state index contributed by atoms with van der Waals surface area (Å²) in [6, 6.07) is 43.9. The van der Waals surface area contributed by atoms with E-state index in [9.17, 15) is 0 Å². The molecule has 4 nitrogen and oxygen atoms in total. The summed E-state index contributed by atoms with van der Waals surface area (Å²) in [5, 5.41) is 2.93. The quantitative estimate of drug-likeness (QED) is 0.136. The van der Waals surface area contributed by atoms with Crippen LogP contribution in [0, 0.1) is 0 Å². The fourth-order valence-electron chi connectivity index (χ4n) is 5.99. The van der Waals surface area contributed by atoms with Crippen LogP contribution in [0.15, 0.2) is 121 Å². The maximum atomic E-state index is 2.70. The summed E-state index contributed by atoms with van der Waals surface area (Å²) in [7, 11) is 9.93. The Labute approximate surface area is 294 Å². The molecule has 9 heteroatoms. The van der Waals surface area contributed by atoms with Crippen molar-refractivity contribution in [2.45, 2.75) is 26.2 Å². The highest BCUT2D eigenvalue weighted by Gasteiger charge is 2.48. The Morgan fingerprint density at radius 3 is 1.00 bits per heavy atom. The molecule has 0 aromatic heterocycles. The van der Waals surface area contributed by atoms with Crippen LogP contribution < -0.4 is 10.6 Å². The van der Waals surface area contributed by atoms with Gasteiger partial charge in [0.2, 0.25) is 7.71 Å². The van der Waals surface area contributed by atoms with Crippen LogP contribution in [0.3, 0.4) is 0 Å². The molecule has 0 unspecified atom stereocenters. The highest BCUT2D eigenvalue weighted by atomic mass is 35.5. The van der Waals surface area contributed by atoms with Crippen LogP contribution in [0.4, 0.5) is 0 Å². The molecular weight excluding hydrogens is 657 g/mol. The third-order valence-corrected chi connectivity index (χ3v) is 17.3. The van der Waals surface area contributed by atoms with Gasteiger partial charge in [0, 0.05) is 55.4 Å². The molecule has 0 saturated heterocycles. The van der Waals surface area contributed by atoms with Crippen molar-refractivity contribution in [2.75, 3.05) is 55.4 Å². The Morgan fingerprint density at radius 1 is 0.422 bits per heavy atom. The molecule has 4 aromatic rings. The average molecular weight is 712 g/mol. The molecule has 0 aliphatic rings. The molecule has 0 aliphatic heterocycles. The summed E-state index contributed by atoms with van der Waals surface area (Å²) in [6.07, 6.45) is 2.16. The number of hydrogen-bond donors (Lipinski definition) is 0. The molecule has 4 aromatic carbocycles. The van der Waals surface area contributed by atoms with Crippen LogP contribution in [-0.2, 0) is 12.3 Å². The van der Waals surface area contributed by atoms with Crippen LogP contribution in [0.25, 0.3) is 0 Å². The Morgan fingerprint density at radius 2 is 0.711 bits per heavy atom. The van der Waals surface area contributed by atoms with Crippen molar-refractivity contribution in [1.29, 1.82) is 0 Å². The predicted molar refractivity (Wildman–Crippen MR) is 212 cm³/mol. The van der Waals surface area contributed by atoms with Gasteiger partial charge in [-0.15, -0.1) is 37.2 Å². The summed E-state index contributed by atoms with van der Waals surface area (Å²) < 4.78 is 9.82. The lowest BCUT2D eigenvalue weighted by Crippen LogP contribution is -2.38. The maximum Gasteiger partial charge on any atom is 0.230 e. The topological polar surface area (TPSA) is 13.0 Å². The lowest BCUT2D eigenvalue weighted by molar-refractivity contribution is 0.457. The molecule has 0 fully saturated rings. The zero-order valence-electron chi connectivity index (χ0n) is 28.3. The van der Waals surface area contributed by atoms with Crippen LogP contribution in [0.2, 0.25) is 0 Å². The van der Waals surface area contributed by atoms with Gasteiger partial charge in [-0.3, -0.25) is 0 Å². The van der Waals surface area contributed by atoms with Crippen LogP contribution in [0.1, 0.15) is 25.0 Å². The molecule has 0 spiro atoms. The first kappa shape index (κ1) is 43.5. The van der Waals surface area contributed by atoms with Crippen molar-refractivity contribution in [3.8, 4) is 0 Å². The van der Waals surface area contributed by atoms with Crippen LogP contribution in [-0.4, -0.2) is 74.1 Å². The van der Waals surface area contributed by atoms with Crippen molar-refractivity contribution < 1.29 is 0 Å². The number of rotatable bonds is 12. The predicted octanol–water partition coefficient (Wildman–Crippen LogP) is 9.01. The van der Waals surface area contributed by atoms with E-state index in [4.69, 9.17) is 0 Å². The fourth-order valence-corrected chi connectivity index (χ4v) is 14.2. The maximum absolute atomic E-state index is 2.70. The normalized spacial score (nSPS) is 11.3. The molecule has 0 atom stereocenters. The molecule has 0 N–H and O–H groups in total. The summed E-state index contributed by atoms with van der Waals surface area (Å²) in [6.45, 7) is 6.69. The van der Waals surface area contributed by atoms with Gasteiger partial charge in [0.15, 0.2) is 7.41 Å². The van der Waals surface area contributed by atoms with E-state index in [1.807, 2.05) is 0 Å². The first-order valence-corrected chi connectivity index (χ1v) is 18.7. The minimum atomic E-state index is -1.70. The third-order valence-electron chi connectivity index (χ3n) is 7.99. The Balaban J connectivity index is 0.000000861. The average Bonchev–Trinajstić information content (AvgIpc) is 3.01. The first-order chi connectivity index (χ1) is 20.2. The van der Waals surface area contributed by atoms with E-state index in [-0.39, 0.29) is 37.2 Å². The lowest BCUT2D eigenvalue weighted by Gasteiger charge is -2.40. The standard InChI is InChI=1S/C23H27NP.C13H25N3P.3ClH/c1-3-24(4-2)25(22-16-10-6-11-17-22,23-18-12-7-13-19-23)20-21-14-8-5-9-15-21;1-14(2)17(15(3)4,16(5)6)12-13-10-8-7-9-11-13;;;/h5-19H,3-4,20H2,1-2H3;7-11H,12H2,1-6H3;3*1H/q2*+1;;;. The van der Waals surface area contributed by atoms with Crippen molar-refractivity contribution in [2.24, 2.45) is 0 Å². The number of halogens is 3. The molecule has 0 amide bonds. The van der Waals surface area contributed by atoms with Gasteiger partial charge in [-0.05, 0) is 49.2 Å². The van der Waals surface area contributed by atoms with Gasteiger partial charge >= 0.3 is 0 Å². The monoisotopic (exact) mass is 710 g/mol. The smallest absolute Gasteiger partial charge is 0.171 e. The van der Waals surface area contributed by atoms with Gasteiger partial charge < -0.3 is 0 Å². The number of nitrogens with zero attached hydrogens (tertiary/aromatic N) is 4. The van der Waals surface area contributed by atoms with E-state index in [2.05, 4.69) is 196 Å². The van der Waals surface area contributed by atoms with Crippen molar-refractivity contribution in [3.63, 3.8) is 0 Å². The SMILES string of the molecule is CCN(CC)[P+](Cc1ccccc1)(c1ccccc1)c1ccccc1.CN(C)[P+](Cc1ccccc1)(N(C)C)N(C)C.Cl.Cl.Cl. The summed E-state index contributed by atoms with van der Waals surface area (Å²) in [4.78, 5) is 0. The zero-order valence-corrected chi connectivity index (χ0v) is 32.5. The molecule has 248 valence electrons. The van der Waals surface area contributed by atoms with Gasteiger partial charge in [0.05, 0.1) is 0 Å². The Kier molecular flexibility index (Phi) is 20.6. The first-order valence-electron chi connectivity index (χ1n) is 15.0. The molecule has 0 bridgehead atoms. The van der Waals surface area contributed by atoms with E-state index in [1.54, 1.807) is 0 Å². The largest absolute Gasteiger partial charge is 0.230 e. The second-order valence-electron chi connectivity index (χ2n) is 11.1. The van der Waals surface area contributed by atoms with E-state index in [0.717, 1.165) is 25.4 Å². The second-order valence-corrected chi connectivity index (χ2v) is 18.7. The minimum absolute atomic E-state index is 0. The van der Waals surface area contributed by atoms with Crippen molar-refractivity contribution in [3.05, 3.63) is 132 Å². The van der Waals surface area contributed by atoms with Crippen LogP contribution >= 0.6 is 52.3 Å². The van der Waals surface area contributed by atoms with Gasteiger partial charge in [0.25, 0.3) is 0 Å². The Hall–Kier alpha value is -1.55. The van der Waals surface area contributed by atoms with Gasteiger partial charge in [-0.1, -0.05) is 97.1 Å². The summed E-state index contributed by atoms with van der Waals surface area (Å²) >= 11 is 0. The zero-order chi connectivity index (χ0) is 30.6. The van der Waals surface area contributed by atoms with Crippen LogP contribution in [0.5, 0.6) is 0 Å². The van der Waals surface area contributed by atoms with E-state index >= 15 is 0 Å². The second kappa shape index (κ2) is 21.3.